The third kappa shape index (κ3) is 16.0. The number of nitrogens with zero attached hydrogens (tertiary/aromatic N) is 14. The van der Waals surface area contributed by atoms with Crippen LogP contribution < -0.4 is 0 Å². The Kier molecular flexibility index (Phi) is 19.7. The lowest BCUT2D eigenvalue weighted by atomic mass is 9.99. The number of aryl methyl sites for hydroxylation is 5. The van der Waals surface area contributed by atoms with Crippen LogP contribution in [0.25, 0.3) is 158 Å². The van der Waals surface area contributed by atoms with E-state index in [9.17, 15) is 0 Å². The van der Waals surface area contributed by atoms with E-state index in [0.717, 1.165) is 129 Å². The molecule has 0 amide bonds. The summed E-state index contributed by atoms with van der Waals surface area (Å²) in [5, 5.41) is 1.14. The van der Waals surface area contributed by atoms with E-state index in [1.54, 1.807) is 0 Å². The largest absolute Gasteiger partial charge is 0.253 e. The van der Waals surface area contributed by atoms with Gasteiger partial charge in [-0.2, -0.15) is 0 Å². The topological polar surface area (TPSA) is 180 Å². The zero-order valence-electron chi connectivity index (χ0n) is 58.4. The maximum absolute atomic E-state index is 4.87. The minimum absolute atomic E-state index is 0.630. The number of hydrogen-bond donors (Lipinski definition) is 0. The molecule has 0 atom stereocenters. The molecule has 11 aromatic carbocycles. The molecule has 105 heavy (non-hydrogen) atoms. The van der Waals surface area contributed by atoms with Gasteiger partial charge in [-0.3, -0.25) is 4.98 Å². The minimum Gasteiger partial charge on any atom is -0.253 e. The highest BCUT2D eigenvalue weighted by atomic mass is 15.1. The molecule has 17 aromatic rings. The normalized spacial score (nSPS) is 10.9. The van der Waals surface area contributed by atoms with E-state index >= 15 is 0 Å². The molecule has 14 heteroatoms. The first-order chi connectivity index (χ1) is 51.5. The molecule has 14 nitrogen and oxygen atoms in total. The number of hydrogen-bond acceptors (Lipinski definition) is 14. The lowest BCUT2D eigenvalue weighted by Crippen LogP contribution is -2.00. The van der Waals surface area contributed by atoms with Gasteiger partial charge in [0.15, 0.2) is 64.1 Å². The summed E-state index contributed by atoms with van der Waals surface area (Å²) in [5.41, 5.74) is 20.8. The average Bonchev–Trinajstić information content (AvgIpc) is 0.801. The van der Waals surface area contributed by atoms with E-state index in [-0.39, 0.29) is 0 Å². The summed E-state index contributed by atoms with van der Waals surface area (Å²) in [4.78, 5) is 66.3. The summed E-state index contributed by atoms with van der Waals surface area (Å²) < 4.78 is 0. The second-order valence-electron chi connectivity index (χ2n) is 25.2. The van der Waals surface area contributed by atoms with Crippen molar-refractivity contribution in [2.75, 3.05) is 0 Å². The predicted octanol–water partition coefficient (Wildman–Crippen LogP) is 21.0. The lowest BCUT2D eigenvalue weighted by molar-refractivity contribution is 1.06. The molecule has 0 radical (unpaired) electrons. The highest BCUT2D eigenvalue weighted by molar-refractivity contribution is 5.95. The van der Waals surface area contributed by atoms with Crippen molar-refractivity contribution in [1.82, 2.24) is 69.8 Å². The van der Waals surface area contributed by atoms with Crippen molar-refractivity contribution in [2.24, 2.45) is 0 Å². The molecule has 0 unspecified atom stereocenters. The van der Waals surface area contributed by atoms with E-state index in [4.69, 9.17) is 44.9 Å². The van der Waals surface area contributed by atoms with Crippen LogP contribution in [0.3, 0.4) is 0 Å². The van der Waals surface area contributed by atoms with E-state index in [1.807, 2.05) is 271 Å². The van der Waals surface area contributed by atoms with Crippen LogP contribution in [-0.2, 0) is 0 Å². The number of pyridine rings is 1. The summed E-state index contributed by atoms with van der Waals surface area (Å²) >= 11 is 0. The van der Waals surface area contributed by atoms with Gasteiger partial charge in [-0.05, 0) is 87.2 Å². The van der Waals surface area contributed by atoms with Crippen LogP contribution >= 0.6 is 0 Å². The van der Waals surface area contributed by atoms with Crippen molar-refractivity contribution in [3.8, 4) is 148 Å². The van der Waals surface area contributed by atoms with Crippen LogP contribution in [0.2, 0.25) is 0 Å². The quantitative estimate of drug-likeness (QED) is 0.106. The van der Waals surface area contributed by atoms with Gasteiger partial charge in [-0.25, -0.2) is 64.8 Å². The molecule has 0 aliphatic heterocycles. The molecule has 0 fully saturated rings. The van der Waals surface area contributed by atoms with Gasteiger partial charge >= 0.3 is 0 Å². The lowest BCUT2D eigenvalue weighted by Gasteiger charge is -2.10. The fourth-order valence-corrected chi connectivity index (χ4v) is 12.3. The first kappa shape index (κ1) is 66.9. The molecule has 0 spiro atoms. The highest BCUT2D eigenvalue weighted by Gasteiger charge is 2.18. The standard InChI is InChI=1S/C33H25N5.C31H22N4.C27H21N5/c1-22-20-23(2)35-30(34-22)27-18-16-24(17-19-27)28-14-9-15-29(21-28)33-37-31(25-10-5-3-6-11-25)36-32(38-33)26-12-7-4-8-13-26;1-21-20-27(26-14-8-9-15-28(26)32-21)22-16-18-25(19-17-22)31-34-29(23-10-4-2-5-11-23)33-30(35-31)24-12-6-3-7-13-24;1-18-17-19(2)29-24(28-18)22-13-15-23(16-14-22)27-31-25(20-9-5-3-6-10-20)30-26(32-27)21-11-7-4-8-12-21/h3-21H,1-2H3;2-20H,1H3;3-17H,1-2H3. The van der Waals surface area contributed by atoms with Crippen molar-refractivity contribution >= 4 is 10.9 Å². The van der Waals surface area contributed by atoms with Gasteiger partial charge in [0.2, 0.25) is 0 Å². The second kappa shape index (κ2) is 30.9. The Hall–Kier alpha value is -14.0. The van der Waals surface area contributed by atoms with Crippen molar-refractivity contribution in [3.05, 3.63) is 350 Å². The Balaban J connectivity index is 0.000000127. The highest BCUT2D eigenvalue weighted by Crippen LogP contribution is 2.34. The fourth-order valence-electron chi connectivity index (χ4n) is 12.3. The van der Waals surface area contributed by atoms with Gasteiger partial charge in [0.25, 0.3) is 0 Å². The number of rotatable bonds is 13. The number of benzene rings is 11. The summed E-state index contributed by atoms with van der Waals surface area (Å²) in [6.45, 7) is 9.98. The summed E-state index contributed by atoms with van der Waals surface area (Å²) in [7, 11) is 0. The molecule has 502 valence electrons. The molecule has 0 aliphatic carbocycles. The maximum atomic E-state index is 4.87. The Bertz CT molecular complexity index is 5650. The molecule has 17 rings (SSSR count). The summed E-state index contributed by atoms with van der Waals surface area (Å²) in [6, 6.07) is 108. The second-order valence-corrected chi connectivity index (χ2v) is 25.2. The Morgan fingerprint density at radius 3 is 0.676 bits per heavy atom. The minimum atomic E-state index is 0.630. The molecular formula is C91H68N14. The summed E-state index contributed by atoms with van der Waals surface area (Å²) in [5.74, 6) is 7.31. The fraction of sp³-hybridized carbons (Fsp3) is 0.0549. The van der Waals surface area contributed by atoms with Crippen molar-refractivity contribution in [2.45, 2.75) is 34.6 Å². The smallest absolute Gasteiger partial charge is 0.164 e. The van der Waals surface area contributed by atoms with Crippen molar-refractivity contribution in [3.63, 3.8) is 0 Å². The molecule has 6 heterocycles. The first-order valence-corrected chi connectivity index (χ1v) is 34.6. The van der Waals surface area contributed by atoms with E-state index < -0.39 is 0 Å². The van der Waals surface area contributed by atoms with Crippen molar-refractivity contribution < 1.29 is 0 Å². The Morgan fingerprint density at radius 2 is 0.362 bits per heavy atom. The molecule has 0 aliphatic rings. The first-order valence-electron chi connectivity index (χ1n) is 34.6. The van der Waals surface area contributed by atoms with E-state index in [1.165, 1.54) is 5.56 Å². The third-order valence-corrected chi connectivity index (χ3v) is 17.4. The van der Waals surface area contributed by atoms with Crippen LogP contribution in [-0.4, -0.2) is 69.8 Å². The van der Waals surface area contributed by atoms with Gasteiger partial charge in [0.05, 0.1) is 5.52 Å². The molecule has 6 aromatic heterocycles. The number of fused-ring (bicyclic) bond motifs is 1. The van der Waals surface area contributed by atoms with Gasteiger partial charge < -0.3 is 0 Å². The summed E-state index contributed by atoms with van der Waals surface area (Å²) in [6.07, 6.45) is 0. The third-order valence-electron chi connectivity index (χ3n) is 17.4. The molecule has 0 saturated carbocycles. The van der Waals surface area contributed by atoms with Gasteiger partial charge in [0, 0.05) is 95.1 Å². The molecule has 0 bridgehead atoms. The predicted molar refractivity (Wildman–Crippen MR) is 420 cm³/mol. The molecule has 0 N–H and O–H groups in total. The van der Waals surface area contributed by atoms with Crippen LogP contribution in [0.5, 0.6) is 0 Å². The Morgan fingerprint density at radius 1 is 0.143 bits per heavy atom. The van der Waals surface area contributed by atoms with Gasteiger partial charge in [-0.15, -0.1) is 0 Å². The van der Waals surface area contributed by atoms with Crippen LogP contribution in [0.4, 0.5) is 0 Å². The monoisotopic (exact) mass is 1360 g/mol. The molecular weight excluding hydrogens is 1290 g/mol. The van der Waals surface area contributed by atoms with E-state index in [2.05, 4.69) is 110 Å². The van der Waals surface area contributed by atoms with Crippen molar-refractivity contribution in [1.29, 1.82) is 0 Å². The number of aromatic nitrogens is 14. The molecule has 0 saturated heterocycles. The van der Waals surface area contributed by atoms with Gasteiger partial charge in [-0.1, -0.05) is 291 Å². The maximum Gasteiger partial charge on any atom is 0.164 e. The average molecular weight is 1360 g/mol. The van der Waals surface area contributed by atoms with Crippen LogP contribution in [0.1, 0.15) is 28.5 Å². The SMILES string of the molecule is Cc1cc(-c2ccc(-c3nc(-c4ccccc4)nc(-c4ccccc4)n3)cc2)c2ccccc2n1.Cc1cc(C)nc(-c2ccc(-c3cccc(-c4nc(-c5ccccc5)nc(-c5ccccc5)n4)c3)cc2)n1.Cc1cc(C)nc(-c2ccc(-c3nc(-c4ccccc4)nc(-c4ccccc4)n3)cc2)n1. The van der Waals surface area contributed by atoms with Gasteiger partial charge in [0.1, 0.15) is 0 Å². The Labute approximate surface area is 609 Å². The van der Waals surface area contributed by atoms with Crippen LogP contribution in [0, 0.1) is 34.6 Å². The van der Waals surface area contributed by atoms with E-state index in [0.29, 0.717) is 52.4 Å². The van der Waals surface area contributed by atoms with Crippen LogP contribution in [0.15, 0.2) is 322 Å². The number of para-hydroxylation sites is 1. The zero-order chi connectivity index (χ0) is 71.4. The zero-order valence-corrected chi connectivity index (χ0v) is 58.4.